The highest BCUT2D eigenvalue weighted by molar-refractivity contribution is 6.31. The van der Waals surface area contributed by atoms with Crippen LogP contribution in [0.2, 0.25) is 5.02 Å². The molecular weight excluding hydrogens is 359 g/mol. The SMILES string of the molecule is CC1(C)CC(=O)C2=C(C1)NC(=O)C(CC(=O)Nc1ccc(F)c(Cl)c1)C2. The van der Waals surface area contributed by atoms with Gasteiger partial charge in [0.15, 0.2) is 5.78 Å². The minimum Gasteiger partial charge on any atom is -0.329 e. The van der Waals surface area contributed by atoms with Gasteiger partial charge in [0.2, 0.25) is 11.8 Å². The zero-order chi connectivity index (χ0) is 19.1. The molecule has 0 saturated heterocycles. The fourth-order valence-electron chi connectivity index (χ4n) is 3.48. The number of benzene rings is 1. The molecule has 0 bridgehead atoms. The lowest BCUT2D eigenvalue weighted by Crippen LogP contribution is -2.43. The van der Waals surface area contributed by atoms with Gasteiger partial charge in [0.25, 0.3) is 0 Å². The van der Waals surface area contributed by atoms with E-state index in [1.165, 1.54) is 12.1 Å². The van der Waals surface area contributed by atoms with Gasteiger partial charge >= 0.3 is 0 Å². The van der Waals surface area contributed by atoms with E-state index in [0.29, 0.717) is 29.8 Å². The van der Waals surface area contributed by atoms with E-state index in [1.54, 1.807) is 0 Å². The molecule has 5 nitrogen and oxygen atoms in total. The van der Waals surface area contributed by atoms with Crippen LogP contribution in [0.3, 0.4) is 0 Å². The van der Waals surface area contributed by atoms with Crippen LogP contribution in [0.1, 0.15) is 39.5 Å². The summed E-state index contributed by atoms with van der Waals surface area (Å²) in [5.41, 5.74) is 1.51. The second-order valence-electron chi connectivity index (χ2n) is 7.67. The van der Waals surface area contributed by atoms with Crippen molar-refractivity contribution < 1.29 is 18.8 Å². The molecule has 26 heavy (non-hydrogen) atoms. The first-order valence-electron chi connectivity index (χ1n) is 8.45. The van der Waals surface area contributed by atoms with Crippen molar-refractivity contribution in [3.63, 3.8) is 0 Å². The van der Waals surface area contributed by atoms with Gasteiger partial charge in [0.1, 0.15) is 5.82 Å². The Morgan fingerprint density at radius 3 is 2.77 bits per heavy atom. The number of nitrogens with one attached hydrogen (secondary N) is 2. The first kappa shape index (κ1) is 18.6. The lowest BCUT2D eigenvalue weighted by molar-refractivity contribution is -0.129. The molecule has 138 valence electrons. The van der Waals surface area contributed by atoms with Crippen LogP contribution in [0.4, 0.5) is 10.1 Å². The number of halogens is 2. The third-order valence-corrected chi connectivity index (χ3v) is 5.02. The number of amides is 2. The number of Topliss-reactive ketones (excluding diaryl/α,β-unsaturated/α-hetero) is 1. The summed E-state index contributed by atoms with van der Waals surface area (Å²) in [6.45, 7) is 3.99. The summed E-state index contributed by atoms with van der Waals surface area (Å²) in [5, 5.41) is 5.32. The highest BCUT2D eigenvalue weighted by Crippen LogP contribution is 2.40. The van der Waals surface area contributed by atoms with Crippen molar-refractivity contribution in [3.8, 4) is 0 Å². The Morgan fingerprint density at radius 2 is 2.08 bits per heavy atom. The van der Waals surface area contributed by atoms with Gasteiger partial charge < -0.3 is 10.6 Å². The number of carbonyl (C=O) groups is 3. The van der Waals surface area contributed by atoms with Crippen molar-refractivity contribution in [3.05, 3.63) is 40.3 Å². The van der Waals surface area contributed by atoms with Crippen LogP contribution in [0.5, 0.6) is 0 Å². The number of carbonyl (C=O) groups excluding carboxylic acids is 3. The molecule has 3 rings (SSSR count). The van der Waals surface area contributed by atoms with E-state index in [4.69, 9.17) is 11.6 Å². The maximum absolute atomic E-state index is 13.2. The van der Waals surface area contributed by atoms with Crippen LogP contribution in [-0.2, 0) is 14.4 Å². The van der Waals surface area contributed by atoms with Crippen LogP contribution in [0, 0.1) is 17.2 Å². The molecule has 1 aliphatic heterocycles. The molecule has 0 spiro atoms. The summed E-state index contributed by atoms with van der Waals surface area (Å²) in [6.07, 6.45) is 1.30. The maximum atomic E-state index is 13.2. The van der Waals surface area contributed by atoms with E-state index in [1.807, 2.05) is 13.8 Å². The molecule has 0 aromatic heterocycles. The molecule has 1 heterocycles. The normalized spacial score (nSPS) is 21.9. The molecule has 2 aliphatic rings. The topological polar surface area (TPSA) is 75.3 Å². The first-order valence-corrected chi connectivity index (χ1v) is 8.83. The summed E-state index contributed by atoms with van der Waals surface area (Å²) in [4.78, 5) is 37.0. The van der Waals surface area contributed by atoms with Crippen LogP contribution in [0.25, 0.3) is 0 Å². The standard InChI is InChI=1S/C19H20ClFN2O3/c1-19(2)8-15-12(16(24)9-19)5-10(18(26)23-15)6-17(25)22-11-3-4-14(21)13(20)7-11/h3-4,7,10H,5-6,8-9H2,1-2H3,(H,22,25)(H,23,26). The van der Waals surface area contributed by atoms with Crippen molar-refractivity contribution in [1.29, 1.82) is 0 Å². The van der Waals surface area contributed by atoms with E-state index < -0.39 is 11.7 Å². The Bertz CT molecular complexity index is 832. The molecule has 0 saturated carbocycles. The minimum atomic E-state index is -0.602. The third-order valence-electron chi connectivity index (χ3n) is 4.73. The Hall–Kier alpha value is -2.21. The Morgan fingerprint density at radius 1 is 1.35 bits per heavy atom. The van der Waals surface area contributed by atoms with E-state index in [-0.39, 0.29) is 40.9 Å². The van der Waals surface area contributed by atoms with Gasteiger partial charge in [0.05, 0.1) is 10.9 Å². The van der Waals surface area contributed by atoms with Gasteiger partial charge in [0, 0.05) is 29.8 Å². The monoisotopic (exact) mass is 378 g/mol. The lowest BCUT2D eigenvalue weighted by atomic mass is 9.72. The largest absolute Gasteiger partial charge is 0.329 e. The smallest absolute Gasteiger partial charge is 0.228 e. The van der Waals surface area contributed by atoms with Crippen molar-refractivity contribution in [1.82, 2.24) is 5.32 Å². The Labute approximate surface area is 156 Å². The second kappa shape index (κ2) is 6.83. The molecule has 2 amide bonds. The maximum Gasteiger partial charge on any atom is 0.228 e. The highest BCUT2D eigenvalue weighted by Gasteiger charge is 2.39. The number of hydrogen-bond donors (Lipinski definition) is 2. The number of allylic oxidation sites excluding steroid dienone is 2. The van der Waals surface area contributed by atoms with E-state index in [9.17, 15) is 18.8 Å². The van der Waals surface area contributed by atoms with Crippen molar-refractivity contribution in [2.24, 2.45) is 11.3 Å². The lowest BCUT2D eigenvalue weighted by Gasteiger charge is -2.36. The second-order valence-corrected chi connectivity index (χ2v) is 8.08. The summed E-state index contributed by atoms with van der Waals surface area (Å²) >= 11 is 5.69. The zero-order valence-electron chi connectivity index (χ0n) is 14.6. The van der Waals surface area contributed by atoms with E-state index in [0.717, 1.165) is 6.07 Å². The molecule has 1 aliphatic carbocycles. The van der Waals surface area contributed by atoms with Crippen molar-refractivity contribution >= 4 is 34.9 Å². The predicted octanol–water partition coefficient (Wildman–Crippen LogP) is 3.59. The number of rotatable bonds is 3. The van der Waals surface area contributed by atoms with E-state index in [2.05, 4.69) is 10.6 Å². The minimum absolute atomic E-state index is 0.0342. The number of ketones is 1. The summed E-state index contributed by atoms with van der Waals surface area (Å²) in [5.74, 6) is -1.78. The summed E-state index contributed by atoms with van der Waals surface area (Å²) < 4.78 is 13.2. The molecule has 1 unspecified atom stereocenters. The fraction of sp³-hybridized carbons (Fsp3) is 0.421. The van der Waals surface area contributed by atoms with Crippen LogP contribution in [-0.4, -0.2) is 17.6 Å². The van der Waals surface area contributed by atoms with E-state index >= 15 is 0 Å². The first-order chi connectivity index (χ1) is 12.1. The average molecular weight is 379 g/mol. The van der Waals surface area contributed by atoms with Crippen LogP contribution < -0.4 is 10.6 Å². The highest BCUT2D eigenvalue weighted by atomic mass is 35.5. The quantitative estimate of drug-likeness (QED) is 0.844. The molecule has 2 N–H and O–H groups in total. The number of anilines is 1. The summed E-state index contributed by atoms with van der Waals surface area (Å²) in [7, 11) is 0. The zero-order valence-corrected chi connectivity index (χ0v) is 15.4. The predicted molar refractivity (Wildman–Crippen MR) is 96.0 cm³/mol. The molecule has 7 heteroatoms. The average Bonchev–Trinajstić information content (AvgIpc) is 2.51. The van der Waals surface area contributed by atoms with Gasteiger partial charge in [-0.15, -0.1) is 0 Å². The summed E-state index contributed by atoms with van der Waals surface area (Å²) in [6, 6.07) is 3.86. The van der Waals surface area contributed by atoms with Gasteiger partial charge in [-0.05, 0) is 36.5 Å². The van der Waals surface area contributed by atoms with Gasteiger partial charge in [-0.2, -0.15) is 0 Å². The molecule has 0 fully saturated rings. The number of hydrogen-bond acceptors (Lipinski definition) is 3. The molecule has 0 radical (unpaired) electrons. The van der Waals surface area contributed by atoms with Gasteiger partial charge in [-0.25, -0.2) is 4.39 Å². The molecule has 1 aromatic rings. The van der Waals surface area contributed by atoms with Crippen molar-refractivity contribution in [2.75, 3.05) is 5.32 Å². The van der Waals surface area contributed by atoms with Gasteiger partial charge in [-0.1, -0.05) is 25.4 Å². The fourth-order valence-corrected chi connectivity index (χ4v) is 3.66. The van der Waals surface area contributed by atoms with Gasteiger partial charge in [-0.3, -0.25) is 14.4 Å². The molecular formula is C19H20ClFN2O3. The van der Waals surface area contributed by atoms with Crippen LogP contribution >= 0.6 is 11.6 Å². The van der Waals surface area contributed by atoms with Crippen LogP contribution in [0.15, 0.2) is 29.5 Å². The Kier molecular flexibility index (Phi) is 4.88. The Balaban J connectivity index is 1.68. The third kappa shape index (κ3) is 3.96. The van der Waals surface area contributed by atoms with Crippen molar-refractivity contribution in [2.45, 2.75) is 39.5 Å². The molecule has 1 aromatic carbocycles. The molecule has 1 atom stereocenters.